The number of hydrogen-bond acceptors (Lipinski definition) is 4. The normalized spacial score (nSPS) is 14.5. The zero-order valence-corrected chi connectivity index (χ0v) is 11.4. The molecule has 0 aromatic carbocycles. The van der Waals surface area contributed by atoms with Crippen LogP contribution in [0.4, 0.5) is 5.82 Å². The summed E-state index contributed by atoms with van der Waals surface area (Å²) in [6, 6.07) is 0.132. The highest BCUT2D eigenvalue weighted by atomic mass is 35.5. The van der Waals surface area contributed by atoms with Crippen LogP contribution in [0.15, 0.2) is 6.20 Å². The van der Waals surface area contributed by atoms with E-state index in [-0.39, 0.29) is 11.3 Å². The molecule has 7 heteroatoms. The highest BCUT2D eigenvalue weighted by molar-refractivity contribution is 7.84. The van der Waals surface area contributed by atoms with Crippen molar-refractivity contribution in [1.82, 2.24) is 9.97 Å². The van der Waals surface area contributed by atoms with E-state index in [1.807, 2.05) is 6.92 Å². The molecule has 1 rings (SSSR count). The lowest BCUT2D eigenvalue weighted by Gasteiger charge is -2.14. The summed E-state index contributed by atoms with van der Waals surface area (Å²) < 4.78 is 10.9. The van der Waals surface area contributed by atoms with Gasteiger partial charge in [-0.05, 0) is 24.9 Å². The maximum absolute atomic E-state index is 10.9. The van der Waals surface area contributed by atoms with Crippen LogP contribution in [-0.4, -0.2) is 32.2 Å². The molecule has 1 heterocycles. The predicted molar refractivity (Wildman–Crippen MR) is 68.7 cm³/mol. The zero-order valence-electron chi connectivity index (χ0n) is 9.04. The number of hydrogen-bond donors (Lipinski definition) is 1. The van der Waals surface area contributed by atoms with Gasteiger partial charge in [-0.1, -0.05) is 11.6 Å². The molecular formula is C9H13Cl2N3OS. The fourth-order valence-electron chi connectivity index (χ4n) is 1.10. The molecule has 0 saturated heterocycles. The molecule has 2 unspecified atom stereocenters. The lowest BCUT2D eigenvalue weighted by molar-refractivity contribution is 0.678. The number of nitrogens with one attached hydrogen (secondary N) is 1. The van der Waals surface area contributed by atoms with Gasteiger partial charge in [0, 0.05) is 28.9 Å². The van der Waals surface area contributed by atoms with Gasteiger partial charge in [-0.15, -0.1) is 0 Å². The first-order valence-electron chi connectivity index (χ1n) is 4.73. The standard InChI is InChI=1S/C9H13Cl2N3OS/c1-6(3-4-16(2)15)13-8-7(10)5-12-9(11)14-8/h5-6H,3-4H2,1-2H3,(H,12,13,14). The smallest absolute Gasteiger partial charge is 0.224 e. The Hall–Kier alpha value is -0.390. The summed E-state index contributed by atoms with van der Waals surface area (Å²) in [7, 11) is -0.786. The molecule has 1 N–H and O–H groups in total. The molecule has 0 saturated carbocycles. The van der Waals surface area contributed by atoms with Crippen LogP contribution >= 0.6 is 23.2 Å². The topological polar surface area (TPSA) is 54.9 Å². The molecule has 0 spiro atoms. The van der Waals surface area contributed by atoms with E-state index in [2.05, 4.69) is 15.3 Å². The average molecular weight is 282 g/mol. The van der Waals surface area contributed by atoms with Gasteiger partial charge in [0.15, 0.2) is 0 Å². The van der Waals surface area contributed by atoms with Crippen molar-refractivity contribution in [2.75, 3.05) is 17.3 Å². The van der Waals surface area contributed by atoms with Crippen molar-refractivity contribution in [3.63, 3.8) is 0 Å². The Balaban J connectivity index is 2.58. The molecule has 0 fully saturated rings. The summed E-state index contributed by atoms with van der Waals surface area (Å²) in [4.78, 5) is 7.73. The zero-order chi connectivity index (χ0) is 12.1. The van der Waals surface area contributed by atoms with Crippen molar-refractivity contribution in [1.29, 1.82) is 0 Å². The second-order valence-electron chi connectivity index (χ2n) is 3.45. The van der Waals surface area contributed by atoms with Gasteiger partial charge >= 0.3 is 0 Å². The van der Waals surface area contributed by atoms with Gasteiger partial charge in [-0.2, -0.15) is 4.98 Å². The largest absolute Gasteiger partial charge is 0.366 e. The SMILES string of the molecule is CC(CCS(C)=O)Nc1nc(Cl)ncc1Cl. The third-order valence-corrected chi connectivity index (χ3v) is 3.21. The second kappa shape index (κ2) is 6.37. The van der Waals surface area contributed by atoms with Crippen molar-refractivity contribution >= 4 is 39.8 Å². The molecular weight excluding hydrogens is 269 g/mol. The van der Waals surface area contributed by atoms with Crippen LogP contribution in [-0.2, 0) is 10.8 Å². The van der Waals surface area contributed by atoms with E-state index >= 15 is 0 Å². The fourth-order valence-corrected chi connectivity index (χ4v) is 2.06. The highest BCUT2D eigenvalue weighted by Gasteiger charge is 2.08. The lowest BCUT2D eigenvalue weighted by Crippen LogP contribution is -2.19. The summed E-state index contributed by atoms with van der Waals surface area (Å²) in [5.74, 6) is 1.15. The molecule has 1 aromatic heterocycles. The minimum absolute atomic E-state index is 0.132. The summed E-state index contributed by atoms with van der Waals surface area (Å²) in [5, 5.41) is 3.68. The summed E-state index contributed by atoms with van der Waals surface area (Å²) in [5.41, 5.74) is 0. The van der Waals surface area contributed by atoms with E-state index in [9.17, 15) is 4.21 Å². The van der Waals surface area contributed by atoms with Crippen LogP contribution in [0.5, 0.6) is 0 Å². The van der Waals surface area contributed by atoms with E-state index in [1.54, 1.807) is 6.26 Å². The summed E-state index contributed by atoms with van der Waals surface area (Å²) >= 11 is 11.6. The molecule has 90 valence electrons. The van der Waals surface area contributed by atoms with Crippen molar-refractivity contribution in [2.24, 2.45) is 0 Å². The van der Waals surface area contributed by atoms with Crippen molar-refractivity contribution in [3.8, 4) is 0 Å². The molecule has 0 bridgehead atoms. The molecule has 16 heavy (non-hydrogen) atoms. The van der Waals surface area contributed by atoms with E-state index < -0.39 is 10.8 Å². The van der Waals surface area contributed by atoms with E-state index in [4.69, 9.17) is 23.2 Å². The van der Waals surface area contributed by atoms with E-state index in [1.165, 1.54) is 6.20 Å². The Labute approximate surface area is 107 Å². The van der Waals surface area contributed by atoms with E-state index in [0.29, 0.717) is 16.6 Å². The predicted octanol–water partition coefficient (Wildman–Crippen LogP) is 2.35. The van der Waals surface area contributed by atoms with Crippen LogP contribution < -0.4 is 5.32 Å². The molecule has 0 radical (unpaired) electrons. The van der Waals surface area contributed by atoms with Gasteiger partial charge < -0.3 is 5.32 Å². The van der Waals surface area contributed by atoms with Crippen LogP contribution in [0.3, 0.4) is 0 Å². The van der Waals surface area contributed by atoms with E-state index in [0.717, 1.165) is 6.42 Å². The van der Waals surface area contributed by atoms with Gasteiger partial charge in [0.25, 0.3) is 0 Å². The first-order chi connectivity index (χ1) is 7.49. The highest BCUT2D eigenvalue weighted by Crippen LogP contribution is 2.20. The van der Waals surface area contributed by atoms with Crippen molar-refractivity contribution in [3.05, 3.63) is 16.5 Å². The Morgan fingerprint density at radius 2 is 2.25 bits per heavy atom. The van der Waals surface area contributed by atoms with Crippen LogP contribution in [0.2, 0.25) is 10.3 Å². The van der Waals surface area contributed by atoms with Crippen molar-refractivity contribution in [2.45, 2.75) is 19.4 Å². The van der Waals surface area contributed by atoms with Gasteiger partial charge in [-0.25, -0.2) is 4.98 Å². The Morgan fingerprint density at radius 3 is 2.88 bits per heavy atom. The van der Waals surface area contributed by atoms with Gasteiger partial charge in [-0.3, -0.25) is 4.21 Å². The number of nitrogens with zero attached hydrogens (tertiary/aromatic N) is 2. The Morgan fingerprint density at radius 1 is 1.56 bits per heavy atom. The third kappa shape index (κ3) is 4.63. The lowest BCUT2D eigenvalue weighted by atomic mass is 10.2. The van der Waals surface area contributed by atoms with Crippen LogP contribution in [0.1, 0.15) is 13.3 Å². The number of halogens is 2. The number of aromatic nitrogens is 2. The molecule has 0 aliphatic carbocycles. The average Bonchev–Trinajstić information content (AvgIpc) is 2.20. The molecule has 4 nitrogen and oxygen atoms in total. The molecule has 1 aromatic rings. The molecule has 2 atom stereocenters. The third-order valence-electron chi connectivity index (χ3n) is 1.94. The minimum atomic E-state index is -0.786. The molecule has 0 aliphatic heterocycles. The summed E-state index contributed by atoms with van der Waals surface area (Å²) in [6.45, 7) is 1.97. The second-order valence-corrected chi connectivity index (χ2v) is 5.75. The monoisotopic (exact) mass is 281 g/mol. The quantitative estimate of drug-likeness (QED) is 0.842. The Kier molecular flexibility index (Phi) is 5.44. The maximum Gasteiger partial charge on any atom is 0.224 e. The van der Waals surface area contributed by atoms with Crippen molar-refractivity contribution < 1.29 is 4.21 Å². The molecule has 0 amide bonds. The number of rotatable bonds is 5. The first kappa shape index (κ1) is 13.7. The first-order valence-corrected chi connectivity index (χ1v) is 7.22. The summed E-state index contributed by atoms with van der Waals surface area (Å²) in [6.07, 6.45) is 3.91. The maximum atomic E-state index is 10.9. The van der Waals surface area contributed by atoms with Gasteiger partial charge in [0.05, 0.1) is 6.20 Å². The minimum Gasteiger partial charge on any atom is -0.366 e. The molecule has 0 aliphatic rings. The van der Waals surface area contributed by atoms with Gasteiger partial charge in [0.1, 0.15) is 10.8 Å². The van der Waals surface area contributed by atoms with Crippen LogP contribution in [0, 0.1) is 0 Å². The van der Waals surface area contributed by atoms with Crippen LogP contribution in [0.25, 0.3) is 0 Å². The fraction of sp³-hybridized carbons (Fsp3) is 0.556. The van der Waals surface area contributed by atoms with Gasteiger partial charge in [0.2, 0.25) is 5.28 Å². The Bertz CT molecular complexity index is 389. The number of anilines is 1.